The number of ether oxygens (including phenoxy) is 3. The van der Waals surface area contributed by atoms with E-state index in [1.54, 1.807) is 35.2 Å². The molecule has 2 fully saturated rings. The molecule has 0 unspecified atom stereocenters. The molecule has 0 saturated carbocycles. The maximum atomic E-state index is 14.4. The summed E-state index contributed by atoms with van der Waals surface area (Å²) in [6.45, 7) is 5.77. The summed E-state index contributed by atoms with van der Waals surface area (Å²) in [7, 11) is 3.05. The van der Waals surface area contributed by atoms with Crippen LogP contribution in [-0.4, -0.2) is 74.8 Å². The van der Waals surface area contributed by atoms with Crippen molar-refractivity contribution in [3.8, 4) is 17.2 Å². The summed E-state index contributed by atoms with van der Waals surface area (Å²) in [6.07, 6.45) is 8.87. The van der Waals surface area contributed by atoms with E-state index in [0.717, 1.165) is 59.3 Å². The molecule has 1 N–H and O–H groups in total. The summed E-state index contributed by atoms with van der Waals surface area (Å²) in [5.41, 5.74) is 4.92. The average molecular weight is 644 g/mol. The minimum Gasteiger partial charge on any atom is -0.493 e. The first-order valence-electron chi connectivity index (χ1n) is 16.3. The van der Waals surface area contributed by atoms with Crippen molar-refractivity contribution < 1.29 is 32.6 Å². The molecule has 0 atom stereocenters. The highest BCUT2D eigenvalue weighted by Crippen LogP contribution is 2.44. The number of carbonyl (C=O) groups excluding carboxylic acids is 2. The highest BCUT2D eigenvalue weighted by Gasteiger charge is 2.30. The van der Waals surface area contributed by atoms with E-state index in [0.29, 0.717) is 36.4 Å². The summed E-state index contributed by atoms with van der Waals surface area (Å²) in [6, 6.07) is 12.3. The maximum absolute atomic E-state index is 14.4. The number of benzene rings is 2. The van der Waals surface area contributed by atoms with Crippen molar-refractivity contribution in [1.82, 2.24) is 15.1 Å². The molecule has 3 aromatic rings. The van der Waals surface area contributed by atoms with E-state index in [1.165, 1.54) is 51.9 Å². The van der Waals surface area contributed by atoms with Gasteiger partial charge in [0.15, 0.2) is 11.5 Å². The van der Waals surface area contributed by atoms with Crippen LogP contribution in [0.15, 0.2) is 58.7 Å². The molecule has 1 aliphatic carbocycles. The summed E-state index contributed by atoms with van der Waals surface area (Å²) >= 11 is 0. The van der Waals surface area contributed by atoms with E-state index in [-0.39, 0.29) is 30.4 Å². The number of rotatable bonds is 9. The summed E-state index contributed by atoms with van der Waals surface area (Å²) < 4.78 is 37.0. The number of halogens is 1. The fourth-order valence-corrected chi connectivity index (χ4v) is 6.90. The van der Waals surface area contributed by atoms with Crippen LogP contribution < -0.4 is 19.5 Å². The van der Waals surface area contributed by atoms with Crippen molar-refractivity contribution in [2.75, 3.05) is 46.9 Å². The number of fused-ring (bicyclic) bond motifs is 1. The minimum atomic E-state index is -0.422. The number of allylic oxidation sites excluding steroid dienone is 2. The van der Waals surface area contributed by atoms with Crippen LogP contribution in [0.4, 0.5) is 9.18 Å². The molecule has 0 bridgehead atoms. The Morgan fingerprint density at radius 3 is 2.36 bits per heavy atom. The van der Waals surface area contributed by atoms with Crippen molar-refractivity contribution in [2.24, 2.45) is 0 Å². The second-order valence-electron chi connectivity index (χ2n) is 12.3. The van der Waals surface area contributed by atoms with Crippen LogP contribution in [0.3, 0.4) is 0 Å². The molecule has 2 aliphatic heterocycles. The second kappa shape index (κ2) is 14.5. The molecule has 0 spiro atoms. The second-order valence-corrected chi connectivity index (χ2v) is 12.3. The summed E-state index contributed by atoms with van der Waals surface area (Å²) in [4.78, 5) is 30.2. The molecule has 2 amide bonds. The number of piperidine rings is 2. The Kier molecular flexibility index (Phi) is 9.96. The van der Waals surface area contributed by atoms with Crippen LogP contribution in [0.1, 0.15) is 61.5 Å². The molecule has 1 aromatic heterocycles. The first kappa shape index (κ1) is 32.4. The Bertz CT molecular complexity index is 1640. The number of likely N-dealkylation sites (tertiary alicyclic amines) is 2. The smallest absolute Gasteiger partial charge is 0.415 e. The molecule has 3 heterocycles. The number of hydrogen-bond donors (Lipinski definition) is 1. The van der Waals surface area contributed by atoms with Gasteiger partial charge in [0.2, 0.25) is 11.7 Å². The zero-order valence-corrected chi connectivity index (χ0v) is 27.3. The standard InChI is InChI=1S/C37H42FN3O6/c1-24-30(29-10-9-26(38)21-31(29)32(24)23-39-35(42)22-28-8-7-17-46-28)18-25-19-33(44-2)36(34(20-25)45-3)47-37(43)41-15-11-27(12-16-41)40-13-5-4-6-14-40/h7-10,17-21,27H,4-6,11-16,22-23H2,1-3H3,(H,39,42)/b30-18-. The first-order valence-corrected chi connectivity index (χ1v) is 16.3. The normalized spacial score (nSPS) is 18.0. The number of furan rings is 1. The summed E-state index contributed by atoms with van der Waals surface area (Å²) in [5, 5.41) is 2.94. The lowest BCUT2D eigenvalue weighted by molar-refractivity contribution is -0.120. The van der Waals surface area contributed by atoms with Crippen molar-refractivity contribution in [2.45, 2.75) is 51.5 Å². The maximum Gasteiger partial charge on any atom is 0.415 e. The van der Waals surface area contributed by atoms with Crippen LogP contribution in [0, 0.1) is 5.82 Å². The fraction of sp³-hybridized carbons (Fsp3) is 0.405. The van der Waals surface area contributed by atoms with Gasteiger partial charge in [0, 0.05) is 25.7 Å². The molecule has 0 radical (unpaired) electrons. The minimum absolute atomic E-state index is 0.116. The molecule has 9 nitrogen and oxygen atoms in total. The number of nitrogens with zero attached hydrogens (tertiary/aromatic N) is 2. The van der Waals surface area contributed by atoms with Crippen LogP contribution in [-0.2, 0) is 11.2 Å². The quantitative estimate of drug-likeness (QED) is 0.282. The van der Waals surface area contributed by atoms with Gasteiger partial charge in [0.05, 0.1) is 26.9 Å². The van der Waals surface area contributed by atoms with Crippen LogP contribution in [0.25, 0.3) is 17.2 Å². The Morgan fingerprint density at radius 1 is 0.979 bits per heavy atom. The average Bonchev–Trinajstić information content (AvgIpc) is 3.69. The van der Waals surface area contributed by atoms with Crippen molar-refractivity contribution in [3.63, 3.8) is 0 Å². The molecule has 10 heteroatoms. The molecule has 3 aliphatic rings. The van der Waals surface area contributed by atoms with Crippen molar-refractivity contribution >= 4 is 29.2 Å². The number of carbonyl (C=O) groups is 2. The zero-order chi connectivity index (χ0) is 32.9. The molecule has 2 aromatic carbocycles. The van der Waals surface area contributed by atoms with Crippen LogP contribution in [0.5, 0.6) is 17.2 Å². The number of hydrogen-bond acceptors (Lipinski definition) is 7. The predicted molar refractivity (Wildman–Crippen MR) is 178 cm³/mol. The third kappa shape index (κ3) is 7.22. The molecular formula is C37H42FN3O6. The number of methoxy groups -OCH3 is 2. The molecule has 2 saturated heterocycles. The van der Waals surface area contributed by atoms with Gasteiger partial charge in [-0.3, -0.25) is 4.79 Å². The van der Waals surface area contributed by atoms with Gasteiger partial charge in [0.1, 0.15) is 11.6 Å². The largest absolute Gasteiger partial charge is 0.493 e. The topological polar surface area (TPSA) is 93.5 Å². The third-order valence-corrected chi connectivity index (χ3v) is 9.44. The SMILES string of the molecule is COc1cc(/C=C2/C(C)=C(CNC(=O)Cc3ccco3)c3cc(F)ccc32)cc(OC)c1OC(=O)N1CCC(N2CCCCC2)CC1. The monoisotopic (exact) mass is 643 g/mol. The van der Waals surface area contributed by atoms with Crippen molar-refractivity contribution in [3.05, 3.63) is 82.6 Å². The van der Waals surface area contributed by atoms with Crippen LogP contribution in [0.2, 0.25) is 0 Å². The van der Waals surface area contributed by atoms with Gasteiger partial charge in [0.25, 0.3) is 0 Å². The highest BCUT2D eigenvalue weighted by molar-refractivity contribution is 6.06. The van der Waals surface area contributed by atoms with Gasteiger partial charge in [-0.1, -0.05) is 12.5 Å². The summed E-state index contributed by atoms with van der Waals surface area (Å²) in [5.74, 6) is 0.959. The Morgan fingerprint density at radius 2 is 1.70 bits per heavy atom. The van der Waals surface area contributed by atoms with E-state index < -0.39 is 6.09 Å². The molecule has 248 valence electrons. The lowest BCUT2D eigenvalue weighted by atomic mass is 10.00. The van der Waals surface area contributed by atoms with Gasteiger partial charge in [-0.15, -0.1) is 0 Å². The lowest BCUT2D eigenvalue weighted by Gasteiger charge is -2.39. The van der Waals surface area contributed by atoms with E-state index >= 15 is 0 Å². The molecular weight excluding hydrogens is 601 g/mol. The van der Waals surface area contributed by atoms with Crippen LogP contribution >= 0.6 is 0 Å². The van der Waals surface area contributed by atoms with Gasteiger partial charge < -0.3 is 33.7 Å². The van der Waals surface area contributed by atoms with E-state index in [2.05, 4.69) is 10.2 Å². The van der Waals surface area contributed by atoms with E-state index in [9.17, 15) is 14.0 Å². The third-order valence-electron chi connectivity index (χ3n) is 9.44. The Hall–Kier alpha value is -4.57. The lowest BCUT2D eigenvalue weighted by Crippen LogP contribution is -2.48. The number of nitrogens with one attached hydrogen (secondary N) is 1. The van der Waals surface area contributed by atoms with E-state index in [1.807, 2.05) is 13.0 Å². The first-order chi connectivity index (χ1) is 22.8. The van der Waals surface area contributed by atoms with Crippen molar-refractivity contribution in [1.29, 1.82) is 0 Å². The van der Waals surface area contributed by atoms with Gasteiger partial charge >= 0.3 is 6.09 Å². The highest BCUT2D eigenvalue weighted by atomic mass is 19.1. The fourth-order valence-electron chi connectivity index (χ4n) is 6.90. The zero-order valence-electron chi connectivity index (χ0n) is 27.3. The van der Waals surface area contributed by atoms with E-state index in [4.69, 9.17) is 18.6 Å². The van der Waals surface area contributed by atoms with Gasteiger partial charge in [-0.25, -0.2) is 9.18 Å². The molecule has 47 heavy (non-hydrogen) atoms. The van der Waals surface area contributed by atoms with Gasteiger partial charge in [-0.2, -0.15) is 0 Å². The Balaban J connectivity index is 1.20. The van der Waals surface area contributed by atoms with Gasteiger partial charge in [-0.05, 0) is 122 Å². The number of amides is 2. The molecule has 6 rings (SSSR count). The Labute approximate surface area is 275 Å². The predicted octanol–water partition coefficient (Wildman–Crippen LogP) is 6.57.